The molecule has 0 aromatic heterocycles. The van der Waals surface area contributed by atoms with Crippen LogP contribution in [-0.4, -0.2) is 29.8 Å². The number of nitrogens with zero attached hydrogens (tertiary/aromatic N) is 2. The van der Waals surface area contributed by atoms with Crippen molar-refractivity contribution < 1.29 is 32.0 Å². The van der Waals surface area contributed by atoms with Crippen molar-refractivity contribution in [2.24, 2.45) is 9.98 Å². The van der Waals surface area contributed by atoms with Crippen LogP contribution in [0.25, 0.3) is 0 Å². The van der Waals surface area contributed by atoms with Crippen LogP contribution in [0.2, 0.25) is 0 Å². The van der Waals surface area contributed by atoms with E-state index >= 15 is 0 Å². The summed E-state index contributed by atoms with van der Waals surface area (Å²) >= 11 is -0.556. The molecule has 5 nitrogen and oxygen atoms in total. The third-order valence-corrected chi connectivity index (χ3v) is 7.24. The second-order valence-corrected chi connectivity index (χ2v) is 16.7. The molecule has 0 heterocycles. The normalized spacial score (nSPS) is 11.8. The molecular formula is C39H48Cl2N2O3Ti. The van der Waals surface area contributed by atoms with Crippen LogP contribution >= 0.6 is 18.6 Å². The fourth-order valence-electron chi connectivity index (χ4n) is 4.35. The molecule has 2 N–H and O–H groups in total. The van der Waals surface area contributed by atoms with Crippen LogP contribution in [0.3, 0.4) is 0 Å². The molecule has 0 saturated carbocycles. The number of rotatable bonds is 5. The molecule has 0 saturated heterocycles. The van der Waals surface area contributed by atoms with E-state index in [-0.39, 0.29) is 22.0 Å². The molecule has 0 aliphatic carbocycles. The number of halogens is 2. The molecule has 47 heavy (non-hydrogen) atoms. The Balaban J connectivity index is 0.000000311. The Kier molecular flexibility index (Phi) is 15.3. The van der Waals surface area contributed by atoms with Crippen LogP contribution in [0.5, 0.6) is 17.2 Å². The van der Waals surface area contributed by atoms with Crippen LogP contribution in [0, 0.1) is 0 Å². The molecule has 0 spiro atoms. The number of phenolic OH excluding ortho intramolecular Hbond substituents is 2. The average Bonchev–Trinajstić information content (AvgIpc) is 3.00. The number of aliphatic imine (C=N–C) groups is 2. The van der Waals surface area contributed by atoms with Crippen molar-refractivity contribution in [2.75, 3.05) is 7.11 Å². The number of methoxy groups -OCH3 is 1. The minimum absolute atomic E-state index is 0.00357. The maximum absolute atomic E-state index is 10.8. The summed E-state index contributed by atoms with van der Waals surface area (Å²) in [5.74, 6) is 1.36. The molecule has 0 bridgehead atoms. The molecular weight excluding hydrogens is 663 g/mol. The Morgan fingerprint density at radius 3 is 1.60 bits per heavy atom. The molecule has 4 aromatic rings. The molecule has 0 atom stereocenters. The summed E-state index contributed by atoms with van der Waals surface area (Å²) in [6.45, 7) is 19.3. The van der Waals surface area contributed by atoms with E-state index in [0.29, 0.717) is 5.75 Å². The molecule has 8 heteroatoms. The van der Waals surface area contributed by atoms with Gasteiger partial charge < -0.3 is 14.9 Å². The minimum atomic E-state index is -0.556. The van der Waals surface area contributed by atoms with Gasteiger partial charge in [-0.3, -0.25) is 9.98 Å². The molecule has 0 aliphatic heterocycles. The van der Waals surface area contributed by atoms with E-state index < -0.39 is 17.0 Å². The number of hydrogen-bond donors (Lipinski definition) is 2. The fourth-order valence-corrected chi connectivity index (χ4v) is 4.35. The molecule has 0 radical (unpaired) electrons. The Bertz CT molecular complexity index is 1620. The van der Waals surface area contributed by atoms with Crippen LogP contribution in [0.15, 0.2) is 94.9 Å². The number of para-hydroxylation sites is 1. The summed E-state index contributed by atoms with van der Waals surface area (Å²) in [7, 11) is 11.4. The van der Waals surface area contributed by atoms with Gasteiger partial charge in [-0.25, -0.2) is 0 Å². The molecule has 0 fully saturated rings. The van der Waals surface area contributed by atoms with E-state index in [1.165, 1.54) is 11.1 Å². The van der Waals surface area contributed by atoms with Gasteiger partial charge in [0.2, 0.25) is 0 Å². The zero-order chi connectivity index (χ0) is 35.4. The van der Waals surface area contributed by atoms with Gasteiger partial charge in [-0.1, -0.05) is 92.6 Å². The van der Waals surface area contributed by atoms with Crippen LogP contribution < -0.4 is 4.74 Å². The maximum atomic E-state index is 10.8. The molecule has 0 unspecified atom stereocenters. The van der Waals surface area contributed by atoms with Crippen molar-refractivity contribution in [1.29, 1.82) is 0 Å². The monoisotopic (exact) mass is 710 g/mol. The van der Waals surface area contributed by atoms with Gasteiger partial charge in [0, 0.05) is 29.1 Å². The Hall–Kier alpha value is -3.09. The van der Waals surface area contributed by atoms with E-state index in [0.717, 1.165) is 33.8 Å². The number of ether oxygens (including phenoxy) is 1. The molecule has 250 valence electrons. The Labute approximate surface area is 298 Å². The molecule has 0 amide bonds. The zero-order valence-corrected chi connectivity index (χ0v) is 32.3. The van der Waals surface area contributed by atoms with Crippen molar-refractivity contribution in [1.82, 2.24) is 0 Å². The van der Waals surface area contributed by atoms with Crippen molar-refractivity contribution in [3.05, 3.63) is 113 Å². The first-order valence-electron chi connectivity index (χ1n) is 15.4. The van der Waals surface area contributed by atoms with E-state index in [9.17, 15) is 10.2 Å². The summed E-state index contributed by atoms with van der Waals surface area (Å²) in [6.07, 6.45) is 3.45. The quantitative estimate of drug-likeness (QED) is 0.160. The predicted molar refractivity (Wildman–Crippen MR) is 198 cm³/mol. The van der Waals surface area contributed by atoms with Crippen molar-refractivity contribution in [2.45, 2.75) is 78.6 Å². The topological polar surface area (TPSA) is 74.4 Å². The van der Waals surface area contributed by atoms with E-state index in [2.05, 4.69) is 78.4 Å². The van der Waals surface area contributed by atoms with E-state index in [1.54, 1.807) is 25.6 Å². The summed E-state index contributed by atoms with van der Waals surface area (Å²) in [5.41, 5.74) is 6.40. The van der Waals surface area contributed by atoms with Crippen LogP contribution in [0.4, 0.5) is 11.4 Å². The van der Waals surface area contributed by atoms with Gasteiger partial charge in [-0.15, -0.1) is 0 Å². The van der Waals surface area contributed by atoms with Crippen LogP contribution in [0.1, 0.15) is 90.1 Å². The average molecular weight is 712 g/mol. The summed E-state index contributed by atoms with van der Waals surface area (Å²) < 4.78 is 5.17. The van der Waals surface area contributed by atoms with Crippen molar-refractivity contribution >= 4 is 42.4 Å². The first kappa shape index (κ1) is 40.1. The molecule has 4 rings (SSSR count). The van der Waals surface area contributed by atoms with Gasteiger partial charge in [0.1, 0.15) is 17.2 Å². The SMILES string of the molecule is CC(C)(C)c1ccc(O)c(C=Nc2ccccc2)c1.COc1ccc(N=Cc2cc(C(C)(C)C)cc(C(C)(C)C)c2O)cc1.[Cl][Ti][Cl]. The predicted octanol–water partition coefficient (Wildman–Crippen LogP) is 11.6. The van der Waals surface area contributed by atoms with Gasteiger partial charge in [-0.2, -0.15) is 0 Å². The van der Waals surface area contributed by atoms with Gasteiger partial charge in [0.25, 0.3) is 0 Å². The Morgan fingerprint density at radius 1 is 0.617 bits per heavy atom. The first-order chi connectivity index (χ1) is 21.9. The van der Waals surface area contributed by atoms with E-state index in [4.69, 9.17) is 23.3 Å². The zero-order valence-electron chi connectivity index (χ0n) is 29.2. The van der Waals surface area contributed by atoms with Gasteiger partial charge in [-0.05, 0) is 82.0 Å². The summed E-state index contributed by atoms with van der Waals surface area (Å²) in [6, 6.07) is 27.0. The van der Waals surface area contributed by atoms with Crippen molar-refractivity contribution in [3.8, 4) is 17.2 Å². The van der Waals surface area contributed by atoms with Crippen LogP contribution in [-0.2, 0) is 33.3 Å². The third kappa shape index (κ3) is 13.1. The van der Waals surface area contributed by atoms with Gasteiger partial charge in [0.15, 0.2) is 0 Å². The summed E-state index contributed by atoms with van der Waals surface area (Å²) in [5, 5.41) is 20.7. The van der Waals surface area contributed by atoms with Gasteiger partial charge in [0.05, 0.1) is 18.5 Å². The van der Waals surface area contributed by atoms with Gasteiger partial charge >= 0.3 is 35.6 Å². The number of benzene rings is 4. The first-order valence-corrected chi connectivity index (χ1v) is 19.7. The second kappa shape index (κ2) is 17.9. The Morgan fingerprint density at radius 2 is 1.11 bits per heavy atom. The number of aromatic hydroxyl groups is 2. The third-order valence-electron chi connectivity index (χ3n) is 7.24. The fraction of sp³-hybridized carbons (Fsp3) is 0.333. The number of hydrogen-bond acceptors (Lipinski definition) is 5. The molecule has 4 aromatic carbocycles. The summed E-state index contributed by atoms with van der Waals surface area (Å²) in [4.78, 5) is 8.89. The van der Waals surface area contributed by atoms with E-state index in [1.807, 2.05) is 72.8 Å². The number of phenols is 2. The molecule has 0 aliphatic rings. The van der Waals surface area contributed by atoms with Crippen molar-refractivity contribution in [3.63, 3.8) is 0 Å². The standard InChI is InChI=1S/C22H29NO2.C17H19NO.2ClH.Ti/c1-21(2,3)16-12-15(20(24)19(13-16)22(4,5)6)14-23-17-8-10-18(25-7)11-9-17;1-17(2,3)14-9-10-16(19)13(11-14)12-18-15-7-5-4-6-8-15;;;/h8-14,24H,1-7H3;4-12,19H,1-3H3;2*1H;/q;;;;+2/p-2. The second-order valence-electron chi connectivity index (χ2n) is 14.1.